The Bertz CT molecular complexity index is 720. The molecule has 0 saturated heterocycles. The van der Waals surface area contributed by atoms with E-state index >= 15 is 0 Å². The van der Waals surface area contributed by atoms with E-state index in [0.717, 1.165) is 0 Å². The minimum absolute atomic E-state index is 0.249. The van der Waals surface area contributed by atoms with Crippen molar-refractivity contribution < 1.29 is 9.67 Å². The summed E-state index contributed by atoms with van der Waals surface area (Å²) in [7, 11) is 0. The Labute approximate surface area is 122 Å². The summed E-state index contributed by atoms with van der Waals surface area (Å²) >= 11 is 5.21. The average molecular weight is 291 g/mol. The normalized spacial score (nSPS) is 10.7. The maximum Gasteiger partial charge on any atom is 0.263 e. The summed E-state index contributed by atoms with van der Waals surface area (Å²) in [5.41, 5.74) is -0.0398. The molecule has 2 aromatic rings. The van der Waals surface area contributed by atoms with Crippen LogP contribution in [0.2, 0.25) is 0 Å². The van der Waals surface area contributed by atoms with Crippen molar-refractivity contribution >= 4 is 12.2 Å². The van der Waals surface area contributed by atoms with Crippen LogP contribution in [0.3, 0.4) is 0 Å². The Morgan fingerprint density at radius 3 is 2.30 bits per heavy atom. The molecule has 0 aromatic carbocycles. The Morgan fingerprint density at radius 1 is 1.15 bits per heavy atom. The highest BCUT2D eigenvalue weighted by atomic mass is 32.1. The lowest BCUT2D eigenvalue weighted by atomic mass is 10.3. The van der Waals surface area contributed by atoms with E-state index < -0.39 is 0 Å². The molecule has 5 nitrogen and oxygen atoms in total. The molecule has 106 valence electrons. The molecule has 0 N–H and O–H groups in total. The van der Waals surface area contributed by atoms with Gasteiger partial charge in [-0.2, -0.15) is 0 Å². The molecular formula is C14H17N3O2S. The maximum atomic E-state index is 12.4. The van der Waals surface area contributed by atoms with Crippen LogP contribution in [0.4, 0.5) is 0 Å². The summed E-state index contributed by atoms with van der Waals surface area (Å²) in [6.45, 7) is 4.88. The van der Waals surface area contributed by atoms with Crippen molar-refractivity contribution in [1.82, 2.24) is 9.13 Å². The van der Waals surface area contributed by atoms with Crippen LogP contribution in [0.25, 0.3) is 0 Å². The van der Waals surface area contributed by atoms with Crippen LogP contribution in [-0.2, 0) is 19.6 Å². The van der Waals surface area contributed by atoms with Crippen molar-refractivity contribution in [1.29, 1.82) is 0 Å². The molecule has 6 heteroatoms. The Kier molecular flexibility index (Phi) is 4.34. The van der Waals surface area contributed by atoms with Crippen LogP contribution in [0.5, 0.6) is 5.88 Å². The van der Waals surface area contributed by atoms with Gasteiger partial charge < -0.3 is 9.67 Å². The van der Waals surface area contributed by atoms with Crippen LogP contribution in [0, 0.1) is 4.77 Å². The van der Waals surface area contributed by atoms with Crippen LogP contribution in [0.1, 0.15) is 19.4 Å². The summed E-state index contributed by atoms with van der Waals surface area (Å²) in [6.07, 6.45) is 3.65. The fourth-order valence-corrected chi connectivity index (χ4v) is 2.58. The Morgan fingerprint density at radius 2 is 1.75 bits per heavy atom. The second-order valence-electron chi connectivity index (χ2n) is 4.41. The molecule has 0 atom stereocenters. The molecule has 0 fully saturated rings. The van der Waals surface area contributed by atoms with Crippen molar-refractivity contribution in [2.24, 2.45) is 0 Å². The van der Waals surface area contributed by atoms with Crippen molar-refractivity contribution in [3.8, 4) is 5.88 Å². The summed E-state index contributed by atoms with van der Waals surface area (Å²) in [6, 6.07) is 5.60. The average Bonchev–Trinajstić information content (AvgIpc) is 2.46. The van der Waals surface area contributed by atoms with Gasteiger partial charge in [0.2, 0.25) is 0 Å². The molecule has 0 saturated carbocycles. The molecule has 20 heavy (non-hydrogen) atoms. The molecule has 0 spiro atoms. The van der Waals surface area contributed by atoms with Crippen LogP contribution in [-0.4, -0.2) is 9.13 Å². The molecule has 0 amide bonds. The lowest BCUT2D eigenvalue weighted by molar-refractivity contribution is -0.689. The van der Waals surface area contributed by atoms with Gasteiger partial charge in [-0.05, 0) is 31.9 Å². The third-order valence-electron chi connectivity index (χ3n) is 3.22. The fourth-order valence-electron chi connectivity index (χ4n) is 2.15. The smallest absolute Gasteiger partial charge is 0.263 e. The van der Waals surface area contributed by atoms with Gasteiger partial charge in [0.25, 0.3) is 5.56 Å². The minimum atomic E-state index is -0.288. The quantitative estimate of drug-likeness (QED) is 0.619. The highest BCUT2D eigenvalue weighted by molar-refractivity contribution is 7.71. The topological polar surface area (TPSA) is 53.9 Å². The number of aromatic nitrogens is 3. The molecule has 2 heterocycles. The second-order valence-corrected chi connectivity index (χ2v) is 4.77. The first kappa shape index (κ1) is 14.5. The van der Waals surface area contributed by atoms with Crippen molar-refractivity contribution in [3.05, 3.63) is 51.3 Å². The predicted molar refractivity (Wildman–Crippen MR) is 76.1 cm³/mol. The minimum Gasteiger partial charge on any atom is -0.859 e. The number of rotatable bonds is 4. The number of hydrogen-bond acceptors (Lipinski definition) is 3. The van der Waals surface area contributed by atoms with Crippen LogP contribution >= 0.6 is 12.2 Å². The molecule has 2 rings (SSSR count). The highest BCUT2D eigenvalue weighted by Crippen LogP contribution is 2.10. The molecule has 0 bridgehead atoms. The third-order valence-corrected chi connectivity index (χ3v) is 3.66. The van der Waals surface area contributed by atoms with Crippen molar-refractivity contribution in [3.63, 3.8) is 0 Å². The summed E-state index contributed by atoms with van der Waals surface area (Å²) < 4.78 is 5.05. The van der Waals surface area contributed by atoms with Crippen LogP contribution in [0.15, 0.2) is 35.4 Å². The monoisotopic (exact) mass is 291 g/mol. The van der Waals surface area contributed by atoms with Gasteiger partial charge in [-0.1, -0.05) is 6.07 Å². The first-order valence-electron chi connectivity index (χ1n) is 6.57. The van der Waals surface area contributed by atoms with E-state index in [1.807, 2.05) is 44.4 Å². The van der Waals surface area contributed by atoms with E-state index in [4.69, 9.17) is 12.2 Å². The molecule has 2 aromatic heterocycles. The first-order chi connectivity index (χ1) is 9.60. The van der Waals surface area contributed by atoms with Gasteiger partial charge in [0.1, 0.15) is 0 Å². The molecule has 0 unspecified atom stereocenters. The van der Waals surface area contributed by atoms with Gasteiger partial charge in [0, 0.05) is 25.2 Å². The second kappa shape index (κ2) is 6.00. The zero-order valence-electron chi connectivity index (χ0n) is 11.6. The third kappa shape index (κ3) is 2.51. The first-order valence-corrected chi connectivity index (χ1v) is 6.98. The van der Waals surface area contributed by atoms with Gasteiger partial charge >= 0.3 is 0 Å². The van der Waals surface area contributed by atoms with Crippen LogP contribution < -0.4 is 15.2 Å². The van der Waals surface area contributed by atoms with E-state index in [0.29, 0.717) is 17.9 Å². The predicted octanol–water partition coefficient (Wildman–Crippen LogP) is 0.828. The largest absolute Gasteiger partial charge is 0.859 e. The maximum absolute atomic E-state index is 12.4. The zero-order chi connectivity index (χ0) is 14.7. The van der Waals surface area contributed by atoms with Gasteiger partial charge in [0.15, 0.2) is 23.7 Å². The Hall–Kier alpha value is -1.95. The van der Waals surface area contributed by atoms with Gasteiger partial charge in [0.05, 0.1) is 5.56 Å². The number of pyridine rings is 1. The van der Waals surface area contributed by atoms with E-state index in [9.17, 15) is 9.90 Å². The number of hydrogen-bond donors (Lipinski definition) is 0. The molecule has 0 aliphatic rings. The molecule has 0 aliphatic heterocycles. The molecule has 0 aliphatic carbocycles. The standard InChI is InChI=1S/C14H17N3O2S/c1-3-16-12(18)11(10-15-8-6-5-7-9-15)13(19)17(4-2)14(16)20/h5-9H,3-4,10H2,1-2H3. The lowest BCUT2D eigenvalue weighted by Crippen LogP contribution is -2.39. The number of nitrogens with zero attached hydrogens (tertiary/aromatic N) is 3. The fraction of sp³-hybridized carbons (Fsp3) is 0.357. The van der Waals surface area contributed by atoms with Crippen molar-refractivity contribution in [2.75, 3.05) is 0 Å². The summed E-state index contributed by atoms with van der Waals surface area (Å²) in [5, 5.41) is 12.4. The van der Waals surface area contributed by atoms with Gasteiger partial charge in [-0.25, -0.2) is 4.57 Å². The molecule has 0 radical (unpaired) electrons. The van der Waals surface area contributed by atoms with E-state index in [1.165, 1.54) is 9.13 Å². The Balaban J connectivity index is 2.64. The SMILES string of the molecule is CCn1c([O-])c(C[n+]2ccccc2)c(=O)n(CC)c1=S. The lowest BCUT2D eigenvalue weighted by Gasteiger charge is -2.21. The van der Waals surface area contributed by atoms with Gasteiger partial charge in [-0.3, -0.25) is 9.36 Å². The highest BCUT2D eigenvalue weighted by Gasteiger charge is 2.13. The van der Waals surface area contributed by atoms with E-state index in [-0.39, 0.29) is 23.5 Å². The van der Waals surface area contributed by atoms with E-state index in [1.54, 1.807) is 4.57 Å². The summed E-state index contributed by atoms with van der Waals surface area (Å²) in [5.74, 6) is -0.288. The summed E-state index contributed by atoms with van der Waals surface area (Å²) in [4.78, 5) is 12.4. The van der Waals surface area contributed by atoms with Gasteiger partial charge in [-0.15, -0.1) is 0 Å². The molecular weight excluding hydrogens is 274 g/mol. The zero-order valence-corrected chi connectivity index (χ0v) is 12.4. The van der Waals surface area contributed by atoms with Crippen molar-refractivity contribution in [2.45, 2.75) is 33.5 Å². The van der Waals surface area contributed by atoms with E-state index in [2.05, 4.69) is 0 Å².